The summed E-state index contributed by atoms with van der Waals surface area (Å²) in [4.78, 5) is 10.8. The van der Waals surface area contributed by atoms with E-state index in [9.17, 15) is 13.2 Å². The summed E-state index contributed by atoms with van der Waals surface area (Å²) in [5.74, 6) is 0. The van der Waals surface area contributed by atoms with E-state index in [0.717, 1.165) is 6.42 Å². The van der Waals surface area contributed by atoms with Gasteiger partial charge in [-0.3, -0.25) is 0 Å². The maximum absolute atomic E-state index is 12.7. The number of nitrogens with two attached hydrogens (primary N) is 1. The predicted molar refractivity (Wildman–Crippen MR) is 81.0 cm³/mol. The van der Waals surface area contributed by atoms with Gasteiger partial charge in [-0.25, -0.2) is 13.2 Å². The molecule has 1 saturated heterocycles. The number of benzene rings is 1. The maximum Gasteiger partial charge on any atom is 0.312 e. The Morgan fingerprint density at radius 3 is 2.76 bits per heavy atom. The highest BCUT2D eigenvalue weighted by atomic mass is 35.5. The van der Waals surface area contributed by atoms with Crippen LogP contribution in [-0.4, -0.2) is 37.9 Å². The Hall–Kier alpha value is -1.02. The van der Waals surface area contributed by atoms with Crippen LogP contribution in [0, 0.1) is 0 Å². The number of sulfonamides is 1. The van der Waals surface area contributed by atoms with Gasteiger partial charge in [-0.1, -0.05) is 23.2 Å². The second kappa shape index (κ2) is 6.39. The Morgan fingerprint density at radius 1 is 1.43 bits per heavy atom. The molecule has 1 aliphatic heterocycles. The van der Waals surface area contributed by atoms with Crippen LogP contribution in [0.5, 0.6) is 0 Å². The van der Waals surface area contributed by atoms with Crippen LogP contribution < -0.4 is 11.1 Å². The van der Waals surface area contributed by atoms with Crippen LogP contribution >= 0.6 is 23.2 Å². The van der Waals surface area contributed by atoms with Crippen LogP contribution in [0.3, 0.4) is 0 Å². The molecule has 1 aromatic carbocycles. The van der Waals surface area contributed by atoms with Gasteiger partial charge in [-0.05, 0) is 31.0 Å². The van der Waals surface area contributed by atoms with E-state index in [-0.39, 0.29) is 22.5 Å². The molecule has 6 nitrogen and oxygen atoms in total. The summed E-state index contributed by atoms with van der Waals surface area (Å²) in [6.45, 7) is 0.562. The fraction of sp³-hybridized carbons (Fsp3) is 0.417. The van der Waals surface area contributed by atoms with Crippen molar-refractivity contribution in [3.8, 4) is 0 Å². The molecule has 0 aliphatic carbocycles. The molecule has 0 saturated carbocycles. The van der Waals surface area contributed by atoms with Gasteiger partial charge >= 0.3 is 6.03 Å². The Morgan fingerprint density at radius 2 is 2.14 bits per heavy atom. The first-order valence-corrected chi connectivity index (χ1v) is 8.52. The monoisotopic (exact) mass is 351 g/mol. The summed E-state index contributed by atoms with van der Waals surface area (Å²) in [7, 11) is -3.73. The molecule has 1 fully saturated rings. The third-order valence-corrected chi connectivity index (χ3v) is 5.99. The quantitative estimate of drug-likeness (QED) is 0.866. The van der Waals surface area contributed by atoms with Crippen LogP contribution in [-0.2, 0) is 10.0 Å². The van der Waals surface area contributed by atoms with Gasteiger partial charge in [-0.15, -0.1) is 0 Å². The molecule has 2 rings (SSSR count). The van der Waals surface area contributed by atoms with Crippen molar-refractivity contribution >= 4 is 39.3 Å². The highest BCUT2D eigenvalue weighted by Crippen LogP contribution is 2.31. The van der Waals surface area contributed by atoms with Crippen LogP contribution in [0.15, 0.2) is 23.1 Å². The van der Waals surface area contributed by atoms with Crippen LogP contribution in [0.4, 0.5) is 4.79 Å². The molecule has 3 N–H and O–H groups in total. The molecule has 1 heterocycles. The van der Waals surface area contributed by atoms with E-state index in [1.165, 1.54) is 22.5 Å². The highest BCUT2D eigenvalue weighted by molar-refractivity contribution is 7.89. The Bertz CT molecular complexity index is 651. The first-order chi connectivity index (χ1) is 9.82. The Balaban J connectivity index is 2.27. The maximum atomic E-state index is 12.7. The zero-order valence-electron chi connectivity index (χ0n) is 11.1. The molecule has 0 aromatic heterocycles. The summed E-state index contributed by atoms with van der Waals surface area (Å²) >= 11 is 11.8. The summed E-state index contributed by atoms with van der Waals surface area (Å²) in [5, 5.41) is 2.89. The normalized spacial score (nSPS) is 19.6. The van der Waals surface area contributed by atoms with Crippen molar-refractivity contribution in [2.45, 2.75) is 23.8 Å². The average Bonchev–Trinajstić information content (AvgIpc) is 2.84. The van der Waals surface area contributed by atoms with Crippen molar-refractivity contribution < 1.29 is 13.2 Å². The Kier molecular flexibility index (Phi) is 4.98. The number of amides is 2. The van der Waals surface area contributed by atoms with Gasteiger partial charge in [0.15, 0.2) is 0 Å². The van der Waals surface area contributed by atoms with Gasteiger partial charge in [0.25, 0.3) is 0 Å². The molecule has 21 heavy (non-hydrogen) atoms. The van der Waals surface area contributed by atoms with E-state index >= 15 is 0 Å². The SMILES string of the molecule is NC(=O)NCC1CCCN1S(=O)(=O)c1ccc(Cl)cc1Cl. The number of hydrogen-bond donors (Lipinski definition) is 2. The number of nitrogens with zero attached hydrogens (tertiary/aromatic N) is 1. The number of carbonyl (C=O) groups excluding carboxylic acids is 1. The van der Waals surface area contributed by atoms with Crippen molar-refractivity contribution in [3.63, 3.8) is 0 Å². The highest BCUT2D eigenvalue weighted by Gasteiger charge is 2.36. The molecule has 0 bridgehead atoms. The lowest BCUT2D eigenvalue weighted by molar-refractivity contribution is 0.246. The van der Waals surface area contributed by atoms with Gasteiger partial charge < -0.3 is 11.1 Å². The minimum Gasteiger partial charge on any atom is -0.352 e. The summed E-state index contributed by atoms with van der Waals surface area (Å²) in [5.41, 5.74) is 5.02. The topological polar surface area (TPSA) is 92.5 Å². The van der Waals surface area contributed by atoms with E-state index in [1.54, 1.807) is 0 Å². The second-order valence-corrected chi connectivity index (χ2v) is 7.43. The number of urea groups is 1. The zero-order valence-corrected chi connectivity index (χ0v) is 13.4. The zero-order chi connectivity index (χ0) is 15.6. The standard InChI is InChI=1S/C12H15Cl2N3O3S/c13-8-3-4-11(10(14)6-8)21(19,20)17-5-1-2-9(17)7-16-12(15)18/h3-4,6,9H,1-2,5,7H2,(H3,15,16,18). The van der Waals surface area contributed by atoms with E-state index in [2.05, 4.69) is 5.32 Å². The van der Waals surface area contributed by atoms with Crippen LogP contribution in [0.1, 0.15) is 12.8 Å². The van der Waals surface area contributed by atoms with Gasteiger partial charge in [0.2, 0.25) is 10.0 Å². The van der Waals surface area contributed by atoms with Gasteiger partial charge in [0, 0.05) is 24.2 Å². The predicted octanol–water partition coefficient (Wildman–Crippen LogP) is 1.81. The number of hydrogen-bond acceptors (Lipinski definition) is 3. The second-order valence-electron chi connectivity index (χ2n) is 4.73. The molecule has 2 amide bonds. The Labute approximate surface area is 133 Å². The smallest absolute Gasteiger partial charge is 0.312 e. The van der Waals surface area contributed by atoms with Crippen molar-refractivity contribution in [1.82, 2.24) is 9.62 Å². The minimum atomic E-state index is -3.73. The summed E-state index contributed by atoms with van der Waals surface area (Å²) < 4.78 is 26.7. The molecule has 1 aromatic rings. The first-order valence-electron chi connectivity index (χ1n) is 6.32. The van der Waals surface area contributed by atoms with Crippen molar-refractivity contribution in [2.24, 2.45) is 5.73 Å². The van der Waals surface area contributed by atoms with Crippen molar-refractivity contribution in [3.05, 3.63) is 28.2 Å². The molecule has 1 atom stereocenters. The average molecular weight is 352 g/mol. The molecule has 9 heteroatoms. The van der Waals surface area contributed by atoms with Crippen LogP contribution in [0.2, 0.25) is 10.0 Å². The van der Waals surface area contributed by atoms with E-state index < -0.39 is 16.1 Å². The largest absolute Gasteiger partial charge is 0.352 e. The van der Waals surface area contributed by atoms with E-state index in [4.69, 9.17) is 28.9 Å². The first kappa shape index (κ1) is 16.4. The van der Waals surface area contributed by atoms with Gasteiger partial charge in [-0.2, -0.15) is 4.31 Å². The third kappa shape index (κ3) is 3.60. The molecule has 116 valence electrons. The van der Waals surface area contributed by atoms with E-state index in [0.29, 0.717) is 18.0 Å². The van der Waals surface area contributed by atoms with E-state index in [1.807, 2.05) is 0 Å². The number of carbonyl (C=O) groups is 1. The van der Waals surface area contributed by atoms with Crippen molar-refractivity contribution in [1.29, 1.82) is 0 Å². The fourth-order valence-corrected chi connectivity index (χ4v) is 4.80. The summed E-state index contributed by atoms with van der Waals surface area (Å²) in [6, 6.07) is 3.25. The number of halogens is 2. The van der Waals surface area contributed by atoms with Crippen LogP contribution in [0.25, 0.3) is 0 Å². The molecule has 0 spiro atoms. The van der Waals surface area contributed by atoms with Gasteiger partial charge in [0.05, 0.1) is 5.02 Å². The number of nitrogens with one attached hydrogen (secondary N) is 1. The van der Waals surface area contributed by atoms with Crippen molar-refractivity contribution in [2.75, 3.05) is 13.1 Å². The third-order valence-electron chi connectivity index (χ3n) is 3.32. The molecular weight excluding hydrogens is 337 g/mol. The lowest BCUT2D eigenvalue weighted by atomic mass is 10.2. The number of rotatable bonds is 4. The molecule has 1 unspecified atom stereocenters. The molecule has 0 radical (unpaired) electrons. The van der Waals surface area contributed by atoms with Gasteiger partial charge in [0.1, 0.15) is 4.90 Å². The summed E-state index contributed by atoms with van der Waals surface area (Å²) in [6.07, 6.45) is 1.38. The molecule has 1 aliphatic rings. The minimum absolute atomic E-state index is 0.0135. The molecular formula is C12H15Cl2N3O3S. The number of primary amides is 1. The lowest BCUT2D eigenvalue weighted by Crippen LogP contribution is -2.44. The lowest BCUT2D eigenvalue weighted by Gasteiger charge is -2.24. The fourth-order valence-electron chi connectivity index (χ4n) is 2.36.